The summed E-state index contributed by atoms with van der Waals surface area (Å²) in [5.41, 5.74) is 5.73. The third-order valence-corrected chi connectivity index (χ3v) is 3.39. The molecule has 1 atom stereocenters. The van der Waals surface area contributed by atoms with Crippen molar-refractivity contribution in [1.82, 2.24) is 14.9 Å². The Labute approximate surface area is 113 Å². The Morgan fingerprint density at radius 2 is 2.26 bits per heavy atom. The maximum Gasteiger partial charge on any atom is 0.218 e. The van der Waals surface area contributed by atoms with Gasteiger partial charge in [-0.05, 0) is 26.4 Å². The van der Waals surface area contributed by atoms with E-state index in [1.807, 2.05) is 0 Å². The summed E-state index contributed by atoms with van der Waals surface area (Å²) in [5.74, 6) is 1.49. The summed E-state index contributed by atoms with van der Waals surface area (Å²) in [6.45, 7) is 2.11. The zero-order chi connectivity index (χ0) is 13.7. The fourth-order valence-electron chi connectivity index (χ4n) is 2.30. The van der Waals surface area contributed by atoms with Gasteiger partial charge < -0.3 is 20.1 Å². The van der Waals surface area contributed by atoms with E-state index in [0.717, 1.165) is 6.54 Å². The second kappa shape index (κ2) is 6.68. The minimum atomic E-state index is 0.338. The third kappa shape index (κ3) is 4.04. The van der Waals surface area contributed by atoms with Gasteiger partial charge in [0.2, 0.25) is 5.88 Å². The van der Waals surface area contributed by atoms with E-state index in [0.29, 0.717) is 36.8 Å². The minimum absolute atomic E-state index is 0.338. The van der Waals surface area contributed by atoms with Crippen molar-refractivity contribution in [3.63, 3.8) is 0 Å². The molecule has 0 aromatic carbocycles. The van der Waals surface area contributed by atoms with Gasteiger partial charge in [0, 0.05) is 19.2 Å². The number of likely N-dealkylation sites (N-methyl/N-ethyl adjacent to an activating group) is 1. The average molecular weight is 266 g/mol. The van der Waals surface area contributed by atoms with Crippen LogP contribution in [0.15, 0.2) is 6.07 Å². The van der Waals surface area contributed by atoms with Gasteiger partial charge in [0.15, 0.2) is 5.82 Å². The molecule has 1 aromatic rings. The first-order valence-corrected chi connectivity index (χ1v) is 6.64. The molecular formula is C13H22N4O2. The molecule has 1 aliphatic heterocycles. The van der Waals surface area contributed by atoms with Gasteiger partial charge in [-0.25, -0.2) is 4.98 Å². The number of hydrogen-bond donors (Lipinski definition) is 1. The SMILES string of the molecule is COCc1nc(N)cc(OCC2CCCCN2C)n1. The van der Waals surface area contributed by atoms with Crippen LogP contribution < -0.4 is 10.5 Å². The Bertz CT molecular complexity index is 414. The van der Waals surface area contributed by atoms with Crippen molar-refractivity contribution in [2.45, 2.75) is 31.9 Å². The van der Waals surface area contributed by atoms with E-state index in [-0.39, 0.29) is 0 Å². The van der Waals surface area contributed by atoms with Gasteiger partial charge in [-0.2, -0.15) is 4.98 Å². The molecule has 1 aromatic heterocycles. The fraction of sp³-hybridized carbons (Fsp3) is 0.692. The minimum Gasteiger partial charge on any atom is -0.476 e. The molecule has 1 unspecified atom stereocenters. The summed E-state index contributed by atoms with van der Waals surface area (Å²) in [7, 11) is 3.74. The second-order valence-electron chi connectivity index (χ2n) is 4.92. The van der Waals surface area contributed by atoms with Crippen molar-refractivity contribution in [1.29, 1.82) is 0 Å². The fourth-order valence-corrected chi connectivity index (χ4v) is 2.30. The molecule has 1 saturated heterocycles. The van der Waals surface area contributed by atoms with Gasteiger partial charge in [0.25, 0.3) is 0 Å². The Morgan fingerprint density at radius 3 is 3.00 bits per heavy atom. The van der Waals surface area contributed by atoms with Crippen LogP contribution in [0.25, 0.3) is 0 Å². The molecule has 0 bridgehead atoms. The van der Waals surface area contributed by atoms with Crippen molar-refractivity contribution >= 4 is 5.82 Å². The van der Waals surface area contributed by atoms with E-state index < -0.39 is 0 Å². The van der Waals surface area contributed by atoms with Crippen LogP contribution in [0, 0.1) is 0 Å². The van der Waals surface area contributed by atoms with Crippen LogP contribution in [0.5, 0.6) is 5.88 Å². The Hall–Kier alpha value is -1.40. The summed E-state index contributed by atoms with van der Waals surface area (Å²) in [6.07, 6.45) is 3.70. The first-order valence-electron chi connectivity index (χ1n) is 6.64. The molecule has 1 aliphatic rings. The van der Waals surface area contributed by atoms with Gasteiger partial charge in [-0.3, -0.25) is 0 Å². The van der Waals surface area contributed by atoms with E-state index in [9.17, 15) is 0 Å². The summed E-state index contributed by atoms with van der Waals surface area (Å²) in [6, 6.07) is 2.11. The summed E-state index contributed by atoms with van der Waals surface area (Å²) < 4.78 is 10.8. The molecule has 0 radical (unpaired) electrons. The molecule has 0 saturated carbocycles. The van der Waals surface area contributed by atoms with Crippen LogP contribution >= 0.6 is 0 Å². The number of likely N-dealkylation sites (tertiary alicyclic amines) is 1. The second-order valence-corrected chi connectivity index (χ2v) is 4.92. The molecule has 19 heavy (non-hydrogen) atoms. The third-order valence-electron chi connectivity index (χ3n) is 3.39. The average Bonchev–Trinajstić information content (AvgIpc) is 2.37. The van der Waals surface area contributed by atoms with E-state index in [1.54, 1.807) is 13.2 Å². The van der Waals surface area contributed by atoms with Crippen molar-refractivity contribution in [2.75, 3.05) is 33.0 Å². The van der Waals surface area contributed by atoms with Crippen LogP contribution in [-0.4, -0.2) is 48.2 Å². The molecule has 6 heteroatoms. The van der Waals surface area contributed by atoms with Crippen molar-refractivity contribution in [3.8, 4) is 5.88 Å². The number of aromatic nitrogens is 2. The number of nitrogens with two attached hydrogens (primary N) is 1. The number of rotatable bonds is 5. The van der Waals surface area contributed by atoms with E-state index in [1.165, 1.54) is 19.3 Å². The summed E-state index contributed by atoms with van der Waals surface area (Å²) in [4.78, 5) is 10.7. The highest BCUT2D eigenvalue weighted by Gasteiger charge is 2.19. The topological polar surface area (TPSA) is 73.5 Å². The number of nitrogen functional groups attached to an aromatic ring is 1. The van der Waals surface area contributed by atoms with E-state index in [2.05, 4.69) is 21.9 Å². The van der Waals surface area contributed by atoms with Crippen molar-refractivity contribution in [2.24, 2.45) is 0 Å². The van der Waals surface area contributed by atoms with Crippen LogP contribution in [0.2, 0.25) is 0 Å². The number of ether oxygens (including phenoxy) is 2. The van der Waals surface area contributed by atoms with Crippen molar-refractivity contribution < 1.29 is 9.47 Å². The molecule has 1 fully saturated rings. The standard InChI is InChI=1S/C13H22N4O2/c1-17-6-4-3-5-10(17)8-19-13-7-11(14)15-12(16-13)9-18-2/h7,10H,3-6,8-9H2,1-2H3,(H2,14,15,16). The number of methoxy groups -OCH3 is 1. The zero-order valence-corrected chi connectivity index (χ0v) is 11.6. The van der Waals surface area contributed by atoms with Crippen LogP contribution in [0.1, 0.15) is 25.1 Å². The molecule has 2 N–H and O–H groups in total. The van der Waals surface area contributed by atoms with E-state index >= 15 is 0 Å². The number of hydrogen-bond acceptors (Lipinski definition) is 6. The van der Waals surface area contributed by atoms with Gasteiger partial charge in [0.1, 0.15) is 19.0 Å². The van der Waals surface area contributed by atoms with Crippen LogP contribution in [-0.2, 0) is 11.3 Å². The Morgan fingerprint density at radius 1 is 1.42 bits per heavy atom. The molecule has 6 nitrogen and oxygen atoms in total. The van der Waals surface area contributed by atoms with Crippen molar-refractivity contribution in [3.05, 3.63) is 11.9 Å². The van der Waals surface area contributed by atoms with Gasteiger partial charge in [-0.1, -0.05) is 6.42 Å². The predicted octanol–water partition coefficient (Wildman–Crippen LogP) is 1.07. The van der Waals surface area contributed by atoms with E-state index in [4.69, 9.17) is 15.2 Å². The highest BCUT2D eigenvalue weighted by Crippen LogP contribution is 2.17. The first kappa shape index (κ1) is 14.0. The summed E-state index contributed by atoms with van der Waals surface area (Å²) in [5, 5.41) is 0. The largest absolute Gasteiger partial charge is 0.476 e. The highest BCUT2D eigenvalue weighted by atomic mass is 16.5. The molecular weight excluding hydrogens is 244 g/mol. The van der Waals surface area contributed by atoms with Gasteiger partial charge in [-0.15, -0.1) is 0 Å². The maximum atomic E-state index is 5.76. The molecule has 0 spiro atoms. The molecule has 106 valence electrons. The molecule has 0 aliphatic carbocycles. The maximum absolute atomic E-state index is 5.76. The zero-order valence-electron chi connectivity index (χ0n) is 11.6. The Kier molecular flexibility index (Phi) is 4.93. The van der Waals surface area contributed by atoms with Gasteiger partial charge >= 0.3 is 0 Å². The van der Waals surface area contributed by atoms with Crippen LogP contribution in [0.4, 0.5) is 5.82 Å². The lowest BCUT2D eigenvalue weighted by atomic mass is 10.0. The lowest BCUT2D eigenvalue weighted by Gasteiger charge is -2.31. The normalized spacial score (nSPS) is 20.4. The van der Waals surface area contributed by atoms with Gasteiger partial charge in [0.05, 0.1) is 0 Å². The summed E-state index contributed by atoms with van der Waals surface area (Å²) >= 11 is 0. The molecule has 0 amide bonds. The van der Waals surface area contributed by atoms with Crippen LogP contribution in [0.3, 0.4) is 0 Å². The number of piperidine rings is 1. The quantitative estimate of drug-likeness (QED) is 0.859. The lowest BCUT2D eigenvalue weighted by Crippen LogP contribution is -2.40. The monoisotopic (exact) mass is 266 g/mol. The number of nitrogens with zero attached hydrogens (tertiary/aromatic N) is 3. The number of anilines is 1. The molecule has 2 heterocycles. The lowest BCUT2D eigenvalue weighted by molar-refractivity contribution is 0.121. The molecule has 2 rings (SSSR count). The first-order chi connectivity index (χ1) is 9.19. The Balaban J connectivity index is 1.94. The smallest absolute Gasteiger partial charge is 0.218 e. The predicted molar refractivity (Wildman–Crippen MR) is 72.9 cm³/mol. The highest BCUT2D eigenvalue weighted by molar-refractivity contribution is 5.32.